The highest BCUT2D eigenvalue weighted by Gasteiger charge is 2.01. The molecule has 0 saturated heterocycles. The first kappa shape index (κ1) is 7.71. The van der Waals surface area contributed by atoms with Crippen molar-refractivity contribution in [3.05, 3.63) is 19.8 Å². The zero-order valence-electron chi connectivity index (χ0n) is 5.31. The molecule has 0 aliphatic rings. The minimum Gasteiger partial charge on any atom is -0.358 e. The van der Waals surface area contributed by atoms with Crippen molar-refractivity contribution < 1.29 is 0 Å². The lowest BCUT2D eigenvalue weighted by molar-refractivity contribution is 1.15. The number of aromatic nitrogens is 3. The van der Waals surface area contributed by atoms with Gasteiger partial charge in [-0.2, -0.15) is 0 Å². The number of nitrogens with zero attached hydrogens (tertiary/aromatic N) is 2. The van der Waals surface area contributed by atoms with Crippen molar-refractivity contribution in [2.24, 2.45) is 0 Å². The molecule has 0 bridgehead atoms. The van der Waals surface area contributed by atoms with E-state index in [1.54, 1.807) is 6.20 Å². The molecule has 2 heterocycles. The highest BCUT2D eigenvalue weighted by molar-refractivity contribution is 14.1. The fourth-order valence-electron chi connectivity index (χ4n) is 0.857. The van der Waals surface area contributed by atoms with Gasteiger partial charge in [0, 0.05) is 28.8 Å². The minimum atomic E-state index is 0.785. The number of aromatic amines is 1. The number of halogens is 2. The zero-order chi connectivity index (χ0) is 7.84. The largest absolute Gasteiger partial charge is 0.358 e. The van der Waals surface area contributed by atoms with Crippen LogP contribution in [0.5, 0.6) is 0 Å². The molecule has 1 N–H and O–H groups in total. The Balaban J connectivity index is 2.87. The van der Waals surface area contributed by atoms with Gasteiger partial charge in [-0.25, -0.2) is 9.97 Å². The van der Waals surface area contributed by atoms with E-state index >= 15 is 0 Å². The molecule has 0 aliphatic carbocycles. The summed E-state index contributed by atoms with van der Waals surface area (Å²) in [4.78, 5) is 11.4. The molecule has 11 heavy (non-hydrogen) atoms. The molecule has 0 amide bonds. The summed E-state index contributed by atoms with van der Waals surface area (Å²) in [5.74, 6) is 0. The molecule has 3 nitrogen and oxygen atoms in total. The number of hydrogen-bond donors (Lipinski definition) is 1. The van der Waals surface area contributed by atoms with Crippen molar-refractivity contribution in [1.29, 1.82) is 0 Å². The number of fused-ring (bicyclic) bond motifs is 1. The molecule has 0 unspecified atom stereocenters. The molecule has 0 saturated carbocycles. The monoisotopic (exact) mass is 371 g/mol. The van der Waals surface area contributed by atoms with Crippen molar-refractivity contribution in [2.45, 2.75) is 0 Å². The first-order valence-electron chi connectivity index (χ1n) is 2.92. The van der Waals surface area contributed by atoms with E-state index in [0.717, 1.165) is 18.4 Å². The van der Waals surface area contributed by atoms with Crippen LogP contribution in [0, 0.1) is 7.40 Å². The van der Waals surface area contributed by atoms with Gasteiger partial charge in [0.25, 0.3) is 0 Å². The van der Waals surface area contributed by atoms with Gasteiger partial charge >= 0.3 is 0 Å². The van der Waals surface area contributed by atoms with Crippen molar-refractivity contribution >= 4 is 56.2 Å². The van der Waals surface area contributed by atoms with E-state index in [1.807, 2.05) is 6.20 Å². The molecule has 0 fully saturated rings. The van der Waals surface area contributed by atoms with Crippen molar-refractivity contribution in [2.75, 3.05) is 0 Å². The Bertz CT molecular complexity index is 396. The van der Waals surface area contributed by atoms with E-state index in [4.69, 9.17) is 0 Å². The third kappa shape index (κ3) is 1.35. The molecular formula is C6H3I2N3. The van der Waals surface area contributed by atoms with Crippen LogP contribution in [-0.2, 0) is 0 Å². The number of H-pyrrole nitrogens is 1. The maximum absolute atomic E-state index is 4.27. The lowest BCUT2D eigenvalue weighted by atomic mass is 10.5. The van der Waals surface area contributed by atoms with Crippen molar-refractivity contribution in [3.8, 4) is 0 Å². The fraction of sp³-hybridized carbons (Fsp3) is 0. The van der Waals surface area contributed by atoms with Gasteiger partial charge < -0.3 is 4.98 Å². The summed E-state index contributed by atoms with van der Waals surface area (Å²) in [6, 6.07) is 0. The number of nitrogens with one attached hydrogen (secondary N) is 1. The molecule has 2 rings (SSSR count). The van der Waals surface area contributed by atoms with Gasteiger partial charge in [-0.05, 0) is 22.6 Å². The number of hydrogen-bond acceptors (Lipinski definition) is 2. The summed E-state index contributed by atoms with van der Waals surface area (Å²) in [6.07, 6.45) is 3.72. The van der Waals surface area contributed by atoms with Crippen LogP contribution in [0.15, 0.2) is 12.4 Å². The molecule has 0 aromatic carbocycles. The Kier molecular flexibility index (Phi) is 2.00. The van der Waals surface area contributed by atoms with Crippen LogP contribution < -0.4 is 0 Å². The normalized spacial score (nSPS) is 10.7. The Labute approximate surface area is 90.3 Å². The maximum atomic E-state index is 4.27. The smallest absolute Gasteiger partial charge is 0.191 e. The molecule has 0 atom stereocenters. The summed E-state index contributed by atoms with van der Waals surface area (Å²) >= 11 is 4.35. The first-order chi connectivity index (χ1) is 5.27. The van der Waals surface area contributed by atoms with Crippen LogP contribution in [0.4, 0.5) is 0 Å². The van der Waals surface area contributed by atoms with E-state index < -0.39 is 0 Å². The second-order valence-corrected chi connectivity index (χ2v) is 4.16. The molecule has 56 valence electrons. The molecule has 0 aliphatic heterocycles. The molecular weight excluding hydrogens is 368 g/mol. The second-order valence-electron chi connectivity index (χ2n) is 2.04. The average molecular weight is 371 g/mol. The maximum Gasteiger partial charge on any atom is 0.191 e. The summed E-state index contributed by atoms with van der Waals surface area (Å²) in [5.41, 5.74) is 2.00. The Morgan fingerprint density at radius 2 is 2.18 bits per heavy atom. The predicted molar refractivity (Wildman–Crippen MR) is 59.3 cm³/mol. The molecule has 2 aromatic rings. The average Bonchev–Trinajstić information content (AvgIpc) is 2.33. The van der Waals surface area contributed by atoms with Gasteiger partial charge in [0.15, 0.2) is 3.83 Å². The van der Waals surface area contributed by atoms with Crippen LogP contribution in [0.25, 0.3) is 11.0 Å². The van der Waals surface area contributed by atoms with Crippen LogP contribution in [0.1, 0.15) is 0 Å². The molecule has 5 heteroatoms. The summed E-state index contributed by atoms with van der Waals surface area (Å²) in [6.45, 7) is 0. The van der Waals surface area contributed by atoms with Crippen LogP contribution in [0.3, 0.4) is 0 Å². The van der Waals surface area contributed by atoms with E-state index in [2.05, 4.69) is 60.1 Å². The van der Waals surface area contributed by atoms with Gasteiger partial charge in [-0.3, -0.25) is 0 Å². The van der Waals surface area contributed by atoms with E-state index in [1.165, 1.54) is 0 Å². The summed E-state index contributed by atoms with van der Waals surface area (Å²) in [5, 5.41) is 0. The summed E-state index contributed by atoms with van der Waals surface area (Å²) < 4.78 is 1.92. The first-order valence-corrected chi connectivity index (χ1v) is 5.08. The molecule has 0 radical (unpaired) electrons. The molecule has 2 aromatic heterocycles. The third-order valence-corrected chi connectivity index (χ3v) is 2.68. The standard InChI is InChI=1S/C6H3I2N3/c7-3-1-9-4-2-10-6(8)11-5(3)4/h1-2,9H. The van der Waals surface area contributed by atoms with Gasteiger partial charge in [0.2, 0.25) is 0 Å². The van der Waals surface area contributed by atoms with E-state index in [-0.39, 0.29) is 0 Å². The lowest BCUT2D eigenvalue weighted by Gasteiger charge is -1.89. The second kappa shape index (κ2) is 2.85. The summed E-state index contributed by atoms with van der Waals surface area (Å²) in [7, 11) is 0. The van der Waals surface area contributed by atoms with E-state index in [9.17, 15) is 0 Å². The Morgan fingerprint density at radius 1 is 1.36 bits per heavy atom. The zero-order valence-corrected chi connectivity index (χ0v) is 9.62. The van der Waals surface area contributed by atoms with Crippen molar-refractivity contribution in [3.63, 3.8) is 0 Å². The SMILES string of the molecule is Ic1ncc2[nH]cc(I)c2n1. The highest BCUT2D eigenvalue weighted by Crippen LogP contribution is 2.16. The van der Waals surface area contributed by atoms with Gasteiger partial charge in [0.1, 0.15) is 5.52 Å². The fourth-order valence-corrected chi connectivity index (χ4v) is 1.80. The third-order valence-electron chi connectivity index (χ3n) is 1.34. The van der Waals surface area contributed by atoms with Gasteiger partial charge in [-0.1, -0.05) is 0 Å². The molecule has 0 spiro atoms. The minimum absolute atomic E-state index is 0.785. The topological polar surface area (TPSA) is 41.6 Å². The van der Waals surface area contributed by atoms with Gasteiger partial charge in [-0.15, -0.1) is 0 Å². The van der Waals surface area contributed by atoms with Crippen LogP contribution >= 0.6 is 45.2 Å². The van der Waals surface area contributed by atoms with Crippen LogP contribution in [-0.4, -0.2) is 15.0 Å². The predicted octanol–water partition coefficient (Wildman–Crippen LogP) is 2.17. The Hall–Kier alpha value is 0.0800. The quantitative estimate of drug-likeness (QED) is 0.570. The van der Waals surface area contributed by atoms with E-state index in [0.29, 0.717) is 0 Å². The van der Waals surface area contributed by atoms with Gasteiger partial charge in [0.05, 0.1) is 15.3 Å². The highest BCUT2D eigenvalue weighted by atomic mass is 127. The number of rotatable bonds is 0. The lowest BCUT2D eigenvalue weighted by Crippen LogP contribution is -1.85. The van der Waals surface area contributed by atoms with Crippen molar-refractivity contribution in [1.82, 2.24) is 15.0 Å². The van der Waals surface area contributed by atoms with Crippen LogP contribution in [0.2, 0.25) is 0 Å². The Morgan fingerprint density at radius 3 is 3.00 bits per heavy atom.